The number of hydrogen-bond donors (Lipinski definition) is 1. The number of likely N-dealkylation sites (N-methyl/N-ethyl adjacent to an activating group) is 1. The molecule has 1 aromatic heterocycles. The fourth-order valence-electron chi connectivity index (χ4n) is 2.76. The number of aryl methyl sites for hydroxylation is 4. The number of amides is 1. The molecule has 0 bridgehead atoms. The number of anilines is 1. The minimum atomic E-state index is -0.250. The van der Waals surface area contributed by atoms with E-state index in [4.69, 9.17) is 4.42 Å². The van der Waals surface area contributed by atoms with Gasteiger partial charge in [-0.25, -0.2) is 0 Å². The number of hydrogen-bond acceptors (Lipinski definition) is 3. The maximum Gasteiger partial charge on any atom is 0.241 e. The van der Waals surface area contributed by atoms with E-state index in [0.717, 1.165) is 28.3 Å². The Morgan fingerprint density at radius 3 is 2.30 bits per heavy atom. The third-order valence-electron chi connectivity index (χ3n) is 4.17. The molecule has 124 valence electrons. The predicted molar refractivity (Wildman–Crippen MR) is 93.7 cm³/mol. The smallest absolute Gasteiger partial charge is 0.241 e. The van der Waals surface area contributed by atoms with Gasteiger partial charge < -0.3 is 9.73 Å². The normalized spacial score (nSPS) is 12.5. The van der Waals surface area contributed by atoms with Crippen LogP contribution in [0, 0.1) is 27.7 Å². The van der Waals surface area contributed by atoms with Gasteiger partial charge in [0.2, 0.25) is 5.91 Å². The van der Waals surface area contributed by atoms with Crippen LogP contribution in [0.1, 0.15) is 35.1 Å². The van der Waals surface area contributed by atoms with E-state index in [1.807, 2.05) is 51.8 Å². The minimum absolute atomic E-state index is 0.00849. The molecule has 0 aliphatic rings. The lowest BCUT2D eigenvalue weighted by atomic mass is 10.0. The SMILES string of the molecule is Cc1cc(C)c(NC(=O)[C@@H](C)N(C)Cc2ccc(C)o2)c(C)c1. The van der Waals surface area contributed by atoms with Crippen molar-refractivity contribution in [2.24, 2.45) is 0 Å². The Morgan fingerprint density at radius 1 is 1.17 bits per heavy atom. The quantitative estimate of drug-likeness (QED) is 0.908. The largest absolute Gasteiger partial charge is 0.465 e. The molecule has 0 radical (unpaired) electrons. The molecule has 2 aromatic rings. The molecule has 0 spiro atoms. The Hall–Kier alpha value is -2.07. The third-order valence-corrected chi connectivity index (χ3v) is 4.17. The number of carbonyl (C=O) groups excluding carboxylic acids is 1. The average molecular weight is 314 g/mol. The van der Waals surface area contributed by atoms with Crippen molar-refractivity contribution in [1.82, 2.24) is 4.90 Å². The van der Waals surface area contributed by atoms with Crippen molar-refractivity contribution in [2.75, 3.05) is 12.4 Å². The third kappa shape index (κ3) is 4.23. The van der Waals surface area contributed by atoms with Crippen LogP contribution in [0.15, 0.2) is 28.7 Å². The molecule has 0 saturated heterocycles. The summed E-state index contributed by atoms with van der Waals surface area (Å²) in [7, 11) is 1.93. The van der Waals surface area contributed by atoms with Gasteiger partial charge in [0.1, 0.15) is 11.5 Å². The van der Waals surface area contributed by atoms with E-state index in [-0.39, 0.29) is 11.9 Å². The zero-order valence-corrected chi connectivity index (χ0v) is 14.9. The summed E-state index contributed by atoms with van der Waals surface area (Å²) >= 11 is 0. The highest BCUT2D eigenvalue weighted by atomic mass is 16.3. The van der Waals surface area contributed by atoms with Crippen molar-refractivity contribution < 1.29 is 9.21 Å². The van der Waals surface area contributed by atoms with E-state index in [9.17, 15) is 4.79 Å². The lowest BCUT2D eigenvalue weighted by molar-refractivity contribution is -0.120. The van der Waals surface area contributed by atoms with E-state index in [1.54, 1.807) is 0 Å². The summed E-state index contributed by atoms with van der Waals surface area (Å²) < 4.78 is 5.58. The van der Waals surface area contributed by atoms with Crippen molar-refractivity contribution in [3.8, 4) is 0 Å². The van der Waals surface area contributed by atoms with Gasteiger partial charge in [0.15, 0.2) is 0 Å². The monoisotopic (exact) mass is 314 g/mol. The van der Waals surface area contributed by atoms with Crippen LogP contribution in [0.5, 0.6) is 0 Å². The van der Waals surface area contributed by atoms with Crippen LogP contribution in [0.4, 0.5) is 5.69 Å². The molecular formula is C19H26N2O2. The summed E-state index contributed by atoms with van der Waals surface area (Å²) in [6, 6.07) is 7.81. The number of nitrogens with zero attached hydrogens (tertiary/aromatic N) is 1. The Bertz CT molecular complexity index is 680. The molecule has 1 atom stereocenters. The predicted octanol–water partition coefficient (Wildman–Crippen LogP) is 3.97. The van der Waals surface area contributed by atoms with Crippen molar-refractivity contribution in [3.05, 3.63) is 52.5 Å². The number of rotatable bonds is 5. The van der Waals surface area contributed by atoms with Crippen LogP contribution < -0.4 is 5.32 Å². The van der Waals surface area contributed by atoms with E-state index in [1.165, 1.54) is 5.56 Å². The first-order valence-corrected chi connectivity index (χ1v) is 7.92. The topological polar surface area (TPSA) is 45.5 Å². The zero-order valence-electron chi connectivity index (χ0n) is 14.9. The van der Waals surface area contributed by atoms with Crippen LogP contribution in [-0.2, 0) is 11.3 Å². The Kier molecular flexibility index (Phi) is 5.26. The Labute approximate surface area is 138 Å². The number of nitrogens with one attached hydrogen (secondary N) is 1. The number of furan rings is 1. The highest BCUT2D eigenvalue weighted by Crippen LogP contribution is 2.22. The molecule has 0 aliphatic carbocycles. The average Bonchev–Trinajstić information content (AvgIpc) is 2.86. The lowest BCUT2D eigenvalue weighted by Gasteiger charge is -2.24. The van der Waals surface area contributed by atoms with Gasteiger partial charge in [0, 0.05) is 5.69 Å². The van der Waals surface area contributed by atoms with Gasteiger partial charge in [-0.05, 0) is 64.9 Å². The van der Waals surface area contributed by atoms with E-state index >= 15 is 0 Å². The molecule has 1 aromatic carbocycles. The summed E-state index contributed by atoms with van der Waals surface area (Å²) in [5, 5.41) is 3.07. The molecular weight excluding hydrogens is 288 g/mol. The van der Waals surface area contributed by atoms with Crippen molar-refractivity contribution >= 4 is 11.6 Å². The highest BCUT2D eigenvalue weighted by Gasteiger charge is 2.20. The lowest BCUT2D eigenvalue weighted by Crippen LogP contribution is -2.39. The van der Waals surface area contributed by atoms with Crippen molar-refractivity contribution in [1.29, 1.82) is 0 Å². The standard InChI is InChI=1S/C19H26N2O2/c1-12-9-13(2)18(14(3)10-12)20-19(22)16(5)21(6)11-17-8-7-15(4)23-17/h7-10,16H,11H2,1-6H3,(H,20,22)/t16-/m1/s1. The maximum atomic E-state index is 12.6. The molecule has 2 rings (SSSR count). The second-order valence-electron chi connectivity index (χ2n) is 6.37. The molecule has 0 saturated carbocycles. The van der Waals surface area contributed by atoms with Crippen LogP contribution in [0.2, 0.25) is 0 Å². The summed E-state index contributed by atoms with van der Waals surface area (Å²) in [5.74, 6) is 1.74. The molecule has 23 heavy (non-hydrogen) atoms. The summed E-state index contributed by atoms with van der Waals surface area (Å²) in [6.07, 6.45) is 0. The van der Waals surface area contributed by atoms with E-state index < -0.39 is 0 Å². The van der Waals surface area contributed by atoms with Gasteiger partial charge in [-0.1, -0.05) is 17.7 Å². The molecule has 4 nitrogen and oxygen atoms in total. The van der Waals surface area contributed by atoms with Gasteiger partial charge in [-0.2, -0.15) is 0 Å². The summed E-state index contributed by atoms with van der Waals surface area (Å²) in [4.78, 5) is 14.5. The van der Waals surface area contributed by atoms with Gasteiger partial charge in [0.25, 0.3) is 0 Å². The van der Waals surface area contributed by atoms with Crippen LogP contribution in [-0.4, -0.2) is 23.9 Å². The molecule has 0 unspecified atom stereocenters. The molecule has 0 fully saturated rings. The Morgan fingerprint density at radius 2 is 1.78 bits per heavy atom. The fourth-order valence-corrected chi connectivity index (χ4v) is 2.76. The molecule has 1 amide bonds. The van der Waals surface area contributed by atoms with E-state index in [2.05, 4.69) is 24.4 Å². The van der Waals surface area contributed by atoms with Crippen molar-refractivity contribution in [3.63, 3.8) is 0 Å². The Balaban J connectivity index is 2.05. The second-order valence-corrected chi connectivity index (χ2v) is 6.37. The number of carbonyl (C=O) groups is 1. The maximum absolute atomic E-state index is 12.6. The first-order valence-electron chi connectivity index (χ1n) is 7.92. The highest BCUT2D eigenvalue weighted by molar-refractivity contribution is 5.95. The van der Waals surface area contributed by atoms with Gasteiger partial charge in [0.05, 0.1) is 12.6 Å². The van der Waals surface area contributed by atoms with E-state index in [0.29, 0.717) is 6.54 Å². The van der Waals surface area contributed by atoms with Gasteiger partial charge in [-0.15, -0.1) is 0 Å². The molecule has 1 heterocycles. The fraction of sp³-hybridized carbons (Fsp3) is 0.421. The second kappa shape index (κ2) is 7.01. The minimum Gasteiger partial charge on any atom is -0.465 e. The van der Waals surface area contributed by atoms with Gasteiger partial charge in [-0.3, -0.25) is 9.69 Å². The zero-order chi connectivity index (χ0) is 17.1. The first kappa shape index (κ1) is 17.3. The number of benzene rings is 1. The first-order chi connectivity index (χ1) is 10.8. The van der Waals surface area contributed by atoms with Crippen molar-refractivity contribution in [2.45, 2.75) is 47.2 Å². The molecule has 0 aliphatic heterocycles. The molecule has 4 heteroatoms. The summed E-state index contributed by atoms with van der Waals surface area (Å²) in [6.45, 7) is 10.5. The van der Waals surface area contributed by atoms with Gasteiger partial charge >= 0.3 is 0 Å². The van der Waals surface area contributed by atoms with Crippen LogP contribution >= 0.6 is 0 Å². The molecule has 1 N–H and O–H groups in total. The van der Waals surface area contributed by atoms with Crippen LogP contribution in [0.25, 0.3) is 0 Å². The van der Waals surface area contributed by atoms with Crippen LogP contribution in [0.3, 0.4) is 0 Å². The summed E-state index contributed by atoms with van der Waals surface area (Å²) in [5.41, 5.74) is 4.30.